The first kappa shape index (κ1) is 20.9. The molecule has 3 nitrogen and oxygen atoms in total. The van der Waals surface area contributed by atoms with E-state index in [0.29, 0.717) is 5.02 Å². The van der Waals surface area contributed by atoms with Gasteiger partial charge in [-0.05, 0) is 42.8 Å². The van der Waals surface area contributed by atoms with Crippen molar-refractivity contribution in [2.45, 2.75) is 57.8 Å². The number of hydrogen-bond donors (Lipinski definition) is 0. The molecule has 0 fully saturated rings. The molecular weight excluding hydrogens is 340 g/mol. The molecule has 0 aliphatic heterocycles. The topological polar surface area (TPSA) is 35.5 Å². The van der Waals surface area contributed by atoms with Gasteiger partial charge in [0.1, 0.15) is 5.92 Å². The molecule has 0 spiro atoms. The largest absolute Gasteiger partial charge is 0.468 e. The van der Waals surface area contributed by atoms with Crippen molar-refractivity contribution in [2.75, 3.05) is 7.11 Å². The zero-order valence-corrected chi connectivity index (χ0v) is 17.5. The summed E-state index contributed by atoms with van der Waals surface area (Å²) in [5.74, 6) is -0.822. The second-order valence-corrected chi connectivity index (χ2v) is 12.6. The van der Waals surface area contributed by atoms with Gasteiger partial charge in [0.25, 0.3) is 0 Å². The summed E-state index contributed by atoms with van der Waals surface area (Å²) in [5, 5.41) is 0.684. The van der Waals surface area contributed by atoms with Gasteiger partial charge in [0.2, 0.25) is 0 Å². The summed E-state index contributed by atoms with van der Waals surface area (Å²) in [6, 6.07) is 7.28. The van der Waals surface area contributed by atoms with Crippen LogP contribution in [0.4, 0.5) is 0 Å². The van der Waals surface area contributed by atoms with Crippen LogP contribution in [0.25, 0.3) is 0 Å². The zero-order chi connectivity index (χ0) is 18.5. The van der Waals surface area contributed by atoms with Crippen LogP contribution in [0.1, 0.15) is 39.2 Å². The fraction of sp³-hybridized carbons (Fsp3) is 0.526. The summed E-state index contributed by atoms with van der Waals surface area (Å²) >= 11 is 5.98. The monoisotopic (exact) mass is 368 g/mol. The predicted octanol–water partition coefficient (Wildman–Crippen LogP) is 5.56. The second-order valence-electron chi connectivity index (χ2n) is 7.42. The highest BCUT2D eigenvalue weighted by atomic mass is 35.5. The van der Waals surface area contributed by atoms with E-state index >= 15 is 0 Å². The van der Waals surface area contributed by atoms with Crippen LogP contribution in [-0.2, 0) is 14.0 Å². The van der Waals surface area contributed by atoms with Gasteiger partial charge >= 0.3 is 5.97 Å². The zero-order valence-electron chi connectivity index (χ0n) is 15.7. The Morgan fingerprint density at radius 3 is 2.17 bits per heavy atom. The molecule has 0 saturated heterocycles. The third-order valence-corrected chi connectivity index (χ3v) is 9.36. The third-order valence-electron chi connectivity index (χ3n) is 4.63. The standard InChI is InChI=1S/C19H29ClO3Si/c1-8-9-16(23-24(6,7)19(2,3)4)17(18(21)22-5)14-10-12-15(20)13-11-14/h8-13,16-17H,1-7H3/b9-8+/t16-,17+/m1/s1. The molecule has 2 atom stereocenters. The van der Waals surface area contributed by atoms with Gasteiger partial charge in [-0.1, -0.05) is 56.7 Å². The second kappa shape index (κ2) is 8.32. The summed E-state index contributed by atoms with van der Waals surface area (Å²) < 4.78 is 11.6. The van der Waals surface area contributed by atoms with E-state index in [9.17, 15) is 4.79 Å². The highest BCUT2D eigenvalue weighted by Gasteiger charge is 2.42. The summed E-state index contributed by atoms with van der Waals surface area (Å²) in [6.45, 7) is 12.8. The molecule has 5 heteroatoms. The van der Waals surface area contributed by atoms with Gasteiger partial charge in [0, 0.05) is 5.02 Å². The van der Waals surface area contributed by atoms with Crippen molar-refractivity contribution in [1.29, 1.82) is 0 Å². The highest BCUT2D eigenvalue weighted by molar-refractivity contribution is 6.74. The Morgan fingerprint density at radius 1 is 1.21 bits per heavy atom. The Morgan fingerprint density at radius 2 is 1.75 bits per heavy atom. The SMILES string of the molecule is C/C=C/[C@@H](O[Si](C)(C)C(C)(C)C)[C@@H](C(=O)OC)c1ccc(Cl)cc1. The van der Waals surface area contributed by atoms with Gasteiger partial charge in [0.05, 0.1) is 13.2 Å². The Bertz CT molecular complexity index is 573. The van der Waals surface area contributed by atoms with Gasteiger partial charge in [0.15, 0.2) is 8.32 Å². The number of ether oxygens (including phenoxy) is 1. The number of carbonyl (C=O) groups is 1. The molecule has 1 aromatic carbocycles. The average molecular weight is 369 g/mol. The maximum Gasteiger partial charge on any atom is 0.316 e. The van der Waals surface area contributed by atoms with Crippen molar-refractivity contribution in [2.24, 2.45) is 0 Å². The minimum Gasteiger partial charge on any atom is -0.468 e. The molecule has 0 heterocycles. The maximum atomic E-state index is 12.5. The van der Waals surface area contributed by atoms with Crippen molar-refractivity contribution in [1.82, 2.24) is 0 Å². The number of benzene rings is 1. The van der Waals surface area contributed by atoms with E-state index in [-0.39, 0.29) is 17.1 Å². The van der Waals surface area contributed by atoms with E-state index in [0.717, 1.165) is 5.56 Å². The van der Waals surface area contributed by atoms with Gasteiger partial charge in [-0.25, -0.2) is 0 Å². The minimum absolute atomic E-state index is 0.0491. The first-order valence-corrected chi connectivity index (χ1v) is 11.5. The predicted molar refractivity (Wildman–Crippen MR) is 103 cm³/mol. The lowest BCUT2D eigenvalue weighted by molar-refractivity contribution is -0.144. The number of halogens is 1. The molecule has 0 N–H and O–H groups in total. The van der Waals surface area contributed by atoms with Crippen molar-refractivity contribution in [3.63, 3.8) is 0 Å². The quantitative estimate of drug-likeness (QED) is 0.374. The van der Waals surface area contributed by atoms with Gasteiger partial charge in [-0.2, -0.15) is 0 Å². The Kier molecular flexibility index (Phi) is 7.26. The maximum absolute atomic E-state index is 12.5. The molecule has 0 bridgehead atoms. The van der Waals surface area contributed by atoms with E-state index < -0.39 is 14.2 Å². The number of methoxy groups -OCH3 is 1. The molecule has 1 rings (SSSR count). The molecule has 0 saturated carbocycles. The fourth-order valence-electron chi connectivity index (χ4n) is 2.18. The summed E-state index contributed by atoms with van der Waals surface area (Å²) in [5.41, 5.74) is 0.841. The number of carbonyl (C=O) groups excluding carboxylic acids is 1. The normalized spacial score (nSPS) is 15.3. The first-order valence-electron chi connectivity index (χ1n) is 8.17. The lowest BCUT2D eigenvalue weighted by Crippen LogP contribution is -2.46. The lowest BCUT2D eigenvalue weighted by Gasteiger charge is -2.40. The van der Waals surface area contributed by atoms with Crippen molar-refractivity contribution in [3.05, 3.63) is 47.0 Å². The highest BCUT2D eigenvalue weighted by Crippen LogP contribution is 2.39. The van der Waals surface area contributed by atoms with Crippen LogP contribution in [0.2, 0.25) is 23.2 Å². The first-order chi connectivity index (χ1) is 11.0. The molecule has 0 aromatic heterocycles. The van der Waals surface area contributed by atoms with E-state index in [1.54, 1.807) is 12.1 Å². The van der Waals surface area contributed by atoms with Crippen LogP contribution in [0, 0.1) is 0 Å². The summed E-state index contributed by atoms with van der Waals surface area (Å²) in [7, 11) is -0.648. The number of rotatable bonds is 6. The number of hydrogen-bond acceptors (Lipinski definition) is 3. The molecule has 24 heavy (non-hydrogen) atoms. The molecular formula is C19H29ClO3Si. The van der Waals surface area contributed by atoms with Crippen molar-refractivity contribution >= 4 is 25.9 Å². The van der Waals surface area contributed by atoms with Crippen LogP contribution in [-0.4, -0.2) is 27.5 Å². The van der Waals surface area contributed by atoms with Crippen molar-refractivity contribution in [3.8, 4) is 0 Å². The molecule has 0 unspecified atom stereocenters. The van der Waals surface area contributed by atoms with Crippen LogP contribution in [0.15, 0.2) is 36.4 Å². The minimum atomic E-state index is -2.06. The van der Waals surface area contributed by atoms with E-state index in [1.807, 2.05) is 31.2 Å². The lowest BCUT2D eigenvalue weighted by atomic mass is 9.93. The smallest absolute Gasteiger partial charge is 0.316 e. The van der Waals surface area contributed by atoms with Gasteiger partial charge in [-0.15, -0.1) is 0 Å². The molecule has 1 aromatic rings. The van der Waals surface area contributed by atoms with E-state index in [1.165, 1.54) is 7.11 Å². The molecule has 0 radical (unpaired) electrons. The van der Waals surface area contributed by atoms with Crippen molar-refractivity contribution < 1.29 is 14.0 Å². The summed E-state index contributed by atoms with van der Waals surface area (Å²) in [6.07, 6.45) is 3.49. The Hall–Kier alpha value is -1.10. The average Bonchev–Trinajstić information content (AvgIpc) is 2.48. The van der Waals surface area contributed by atoms with Crippen LogP contribution in [0.5, 0.6) is 0 Å². The third kappa shape index (κ3) is 5.20. The number of allylic oxidation sites excluding steroid dienone is 1. The van der Waals surface area contributed by atoms with E-state index in [4.69, 9.17) is 20.8 Å². The van der Waals surface area contributed by atoms with Gasteiger partial charge in [-0.3, -0.25) is 4.79 Å². The molecule has 134 valence electrons. The van der Waals surface area contributed by atoms with Gasteiger partial charge < -0.3 is 9.16 Å². The van der Waals surface area contributed by atoms with Crippen LogP contribution in [0.3, 0.4) is 0 Å². The summed E-state index contributed by atoms with van der Waals surface area (Å²) in [4.78, 5) is 12.5. The Balaban J connectivity index is 3.29. The molecule has 0 aliphatic carbocycles. The molecule has 0 amide bonds. The molecule has 0 aliphatic rings. The Labute approximate surface area is 152 Å². The van der Waals surface area contributed by atoms with Crippen LogP contribution >= 0.6 is 11.6 Å². The van der Waals surface area contributed by atoms with Crippen LogP contribution < -0.4 is 0 Å². The fourth-order valence-corrected chi connectivity index (χ4v) is 3.56. The number of esters is 1. The van der Waals surface area contributed by atoms with E-state index in [2.05, 4.69) is 33.9 Å².